The highest BCUT2D eigenvalue weighted by atomic mass is 19.1. The van der Waals surface area contributed by atoms with Crippen LogP contribution in [-0.4, -0.2) is 28.6 Å². The largest absolute Gasteiger partial charge is 0.396 e. The highest BCUT2D eigenvalue weighted by molar-refractivity contribution is 5.95. The molecule has 1 unspecified atom stereocenters. The molecule has 1 aromatic rings. The van der Waals surface area contributed by atoms with Crippen molar-refractivity contribution < 1.29 is 19.2 Å². The van der Waals surface area contributed by atoms with Gasteiger partial charge in [-0.25, -0.2) is 0 Å². The molecule has 0 saturated heterocycles. The molecular formula is C12H15FN2O4. The first-order valence-electron chi connectivity index (χ1n) is 5.85. The molecule has 0 bridgehead atoms. The molecule has 0 aliphatic rings. The van der Waals surface area contributed by atoms with Crippen molar-refractivity contribution in [3.8, 4) is 0 Å². The average Bonchev–Trinajstić information content (AvgIpc) is 2.38. The number of rotatable bonds is 6. The van der Waals surface area contributed by atoms with E-state index in [1.807, 2.05) is 6.92 Å². The van der Waals surface area contributed by atoms with Crippen LogP contribution in [0.2, 0.25) is 0 Å². The van der Waals surface area contributed by atoms with Crippen LogP contribution >= 0.6 is 0 Å². The number of amides is 1. The van der Waals surface area contributed by atoms with Crippen LogP contribution < -0.4 is 5.32 Å². The lowest BCUT2D eigenvalue weighted by Gasteiger charge is -2.15. The van der Waals surface area contributed by atoms with Crippen LogP contribution in [-0.2, 0) is 0 Å². The van der Waals surface area contributed by atoms with E-state index >= 15 is 0 Å². The number of nitrogens with one attached hydrogen (secondary N) is 1. The Morgan fingerprint density at radius 3 is 2.79 bits per heavy atom. The molecule has 0 spiro atoms. The van der Waals surface area contributed by atoms with Crippen LogP contribution in [0.25, 0.3) is 0 Å². The van der Waals surface area contributed by atoms with Crippen molar-refractivity contribution in [1.29, 1.82) is 0 Å². The number of carbonyl (C=O) groups is 1. The number of carbonyl (C=O) groups excluding carboxylic acids is 1. The van der Waals surface area contributed by atoms with Gasteiger partial charge in [0, 0.05) is 24.3 Å². The summed E-state index contributed by atoms with van der Waals surface area (Å²) in [5.41, 5.74) is -0.715. The zero-order chi connectivity index (χ0) is 14.4. The molecule has 1 aromatic carbocycles. The van der Waals surface area contributed by atoms with Gasteiger partial charge < -0.3 is 10.4 Å². The van der Waals surface area contributed by atoms with Crippen LogP contribution in [0.3, 0.4) is 0 Å². The molecule has 7 heteroatoms. The van der Waals surface area contributed by atoms with E-state index in [0.717, 1.165) is 12.1 Å². The summed E-state index contributed by atoms with van der Waals surface area (Å²) < 4.78 is 13.1. The van der Waals surface area contributed by atoms with Gasteiger partial charge in [0.2, 0.25) is 5.82 Å². The van der Waals surface area contributed by atoms with Crippen LogP contribution in [0, 0.1) is 15.9 Å². The first-order valence-corrected chi connectivity index (χ1v) is 5.85. The first kappa shape index (κ1) is 15.0. The lowest BCUT2D eigenvalue weighted by molar-refractivity contribution is -0.387. The first-order chi connectivity index (χ1) is 8.99. The minimum Gasteiger partial charge on any atom is -0.396 e. The van der Waals surface area contributed by atoms with Gasteiger partial charge in [0.15, 0.2) is 0 Å². The van der Waals surface area contributed by atoms with Gasteiger partial charge in [-0.15, -0.1) is 0 Å². The molecule has 0 aliphatic heterocycles. The summed E-state index contributed by atoms with van der Waals surface area (Å²) in [6.45, 7) is 1.77. The smallest absolute Gasteiger partial charge is 0.305 e. The quantitative estimate of drug-likeness (QED) is 0.607. The van der Waals surface area contributed by atoms with E-state index in [2.05, 4.69) is 5.32 Å². The number of aliphatic hydroxyl groups excluding tert-OH is 1. The van der Waals surface area contributed by atoms with Crippen LogP contribution in [0.4, 0.5) is 10.1 Å². The molecule has 0 aliphatic carbocycles. The predicted octanol–water partition coefficient (Wildman–Crippen LogP) is 1.62. The summed E-state index contributed by atoms with van der Waals surface area (Å²) in [4.78, 5) is 21.5. The molecule has 0 fully saturated rings. The molecule has 1 atom stereocenters. The summed E-state index contributed by atoms with van der Waals surface area (Å²) in [5.74, 6) is -1.51. The van der Waals surface area contributed by atoms with Gasteiger partial charge in [-0.3, -0.25) is 14.9 Å². The van der Waals surface area contributed by atoms with E-state index in [0.29, 0.717) is 12.8 Å². The molecule has 6 nitrogen and oxygen atoms in total. The number of hydrogen-bond donors (Lipinski definition) is 2. The molecule has 104 valence electrons. The Morgan fingerprint density at radius 1 is 1.58 bits per heavy atom. The van der Waals surface area contributed by atoms with Crippen molar-refractivity contribution in [3.05, 3.63) is 39.7 Å². The maximum absolute atomic E-state index is 13.1. The van der Waals surface area contributed by atoms with Gasteiger partial charge in [0.1, 0.15) is 0 Å². The third-order valence-corrected chi connectivity index (χ3v) is 2.71. The van der Waals surface area contributed by atoms with E-state index in [1.165, 1.54) is 6.07 Å². The summed E-state index contributed by atoms with van der Waals surface area (Å²) in [5, 5.41) is 22.0. The van der Waals surface area contributed by atoms with Crippen LogP contribution in [0.5, 0.6) is 0 Å². The molecule has 1 rings (SSSR count). The molecule has 0 heterocycles. The third kappa shape index (κ3) is 3.99. The Balaban J connectivity index is 2.88. The summed E-state index contributed by atoms with van der Waals surface area (Å²) in [6.07, 6.45) is 1.01. The van der Waals surface area contributed by atoms with Gasteiger partial charge in [-0.1, -0.05) is 6.92 Å². The second kappa shape index (κ2) is 6.79. The van der Waals surface area contributed by atoms with Gasteiger partial charge in [-0.05, 0) is 25.0 Å². The maximum Gasteiger partial charge on any atom is 0.305 e. The molecule has 0 saturated carbocycles. The summed E-state index contributed by atoms with van der Waals surface area (Å²) in [6, 6.07) is 2.75. The molecule has 2 N–H and O–H groups in total. The Kier molecular flexibility index (Phi) is 5.37. The Hall–Kier alpha value is -2.02. The zero-order valence-electron chi connectivity index (χ0n) is 10.4. The van der Waals surface area contributed by atoms with E-state index < -0.39 is 22.3 Å². The van der Waals surface area contributed by atoms with Crippen molar-refractivity contribution in [2.75, 3.05) is 6.61 Å². The second-order valence-electron chi connectivity index (χ2n) is 4.01. The van der Waals surface area contributed by atoms with Gasteiger partial charge in [0.25, 0.3) is 5.91 Å². The number of nitro groups is 1. The lowest BCUT2D eigenvalue weighted by atomic mass is 10.1. The van der Waals surface area contributed by atoms with Gasteiger partial charge in [0.05, 0.1) is 4.92 Å². The van der Waals surface area contributed by atoms with Gasteiger partial charge >= 0.3 is 5.69 Å². The fraction of sp³-hybridized carbons (Fsp3) is 0.417. The van der Waals surface area contributed by atoms with E-state index in [1.54, 1.807) is 0 Å². The topological polar surface area (TPSA) is 92.5 Å². The molecular weight excluding hydrogens is 255 g/mol. The number of hydrogen-bond acceptors (Lipinski definition) is 4. The van der Waals surface area contributed by atoms with Crippen LogP contribution in [0.1, 0.15) is 30.1 Å². The van der Waals surface area contributed by atoms with Crippen molar-refractivity contribution >= 4 is 11.6 Å². The minimum atomic E-state index is -0.982. The van der Waals surface area contributed by atoms with Crippen molar-refractivity contribution in [1.82, 2.24) is 5.32 Å². The Morgan fingerprint density at radius 2 is 2.26 bits per heavy atom. The molecule has 19 heavy (non-hydrogen) atoms. The average molecular weight is 270 g/mol. The number of halogens is 1. The number of nitro benzene ring substituents is 1. The Labute approximate surface area is 109 Å². The van der Waals surface area contributed by atoms with Crippen molar-refractivity contribution in [2.24, 2.45) is 0 Å². The minimum absolute atomic E-state index is 0.0180. The van der Waals surface area contributed by atoms with Crippen molar-refractivity contribution in [2.45, 2.75) is 25.8 Å². The maximum atomic E-state index is 13.1. The highest BCUT2D eigenvalue weighted by Crippen LogP contribution is 2.18. The zero-order valence-corrected chi connectivity index (χ0v) is 10.4. The molecule has 0 aromatic heterocycles. The highest BCUT2D eigenvalue weighted by Gasteiger charge is 2.18. The number of benzene rings is 1. The second-order valence-corrected chi connectivity index (χ2v) is 4.01. The normalized spacial score (nSPS) is 11.9. The fourth-order valence-corrected chi connectivity index (χ4v) is 1.60. The SMILES string of the molecule is CCC(CCO)NC(=O)c1ccc(F)c([N+](=O)[O-])c1. The predicted molar refractivity (Wildman–Crippen MR) is 66.3 cm³/mol. The molecule has 0 radical (unpaired) electrons. The summed E-state index contributed by atoms with van der Waals surface area (Å²) >= 11 is 0. The monoisotopic (exact) mass is 270 g/mol. The van der Waals surface area contributed by atoms with E-state index in [-0.39, 0.29) is 18.2 Å². The number of nitrogens with zero attached hydrogens (tertiary/aromatic N) is 1. The standard InChI is InChI=1S/C12H15FN2O4/c1-2-9(5-6-16)14-12(17)8-3-4-10(13)11(7-8)15(18)19/h3-4,7,9,16H,2,5-6H2,1H3,(H,14,17). The van der Waals surface area contributed by atoms with Crippen molar-refractivity contribution in [3.63, 3.8) is 0 Å². The summed E-state index contributed by atoms with van der Waals surface area (Å²) in [7, 11) is 0. The van der Waals surface area contributed by atoms with Gasteiger partial charge in [-0.2, -0.15) is 4.39 Å². The van der Waals surface area contributed by atoms with Crippen LogP contribution in [0.15, 0.2) is 18.2 Å². The van der Waals surface area contributed by atoms with E-state index in [9.17, 15) is 19.3 Å². The molecule has 1 amide bonds. The fourth-order valence-electron chi connectivity index (χ4n) is 1.60. The lowest BCUT2D eigenvalue weighted by Crippen LogP contribution is -2.35. The Bertz CT molecular complexity index is 479. The van der Waals surface area contributed by atoms with E-state index in [4.69, 9.17) is 5.11 Å². The number of aliphatic hydroxyl groups is 1. The third-order valence-electron chi connectivity index (χ3n) is 2.71.